The first kappa shape index (κ1) is 16.1. The van der Waals surface area contributed by atoms with Gasteiger partial charge in [-0.2, -0.15) is 0 Å². The van der Waals surface area contributed by atoms with Crippen molar-refractivity contribution in [3.05, 3.63) is 59.1 Å². The molecule has 0 spiro atoms. The van der Waals surface area contributed by atoms with Crippen molar-refractivity contribution in [1.29, 1.82) is 0 Å². The number of anilines is 1. The molecule has 0 amide bonds. The Labute approximate surface area is 141 Å². The molecule has 2 aromatic carbocycles. The summed E-state index contributed by atoms with van der Waals surface area (Å²) in [6, 6.07) is 15.6. The first-order valence-corrected chi connectivity index (χ1v) is 8.13. The molecular weight excluding hydrogens is 315 g/mol. The van der Waals surface area contributed by atoms with E-state index in [9.17, 15) is 4.39 Å². The smallest absolute Gasteiger partial charge is 0.228 e. The molecule has 122 valence electrons. The summed E-state index contributed by atoms with van der Waals surface area (Å²) in [6.45, 7) is 3.90. The van der Waals surface area contributed by atoms with Gasteiger partial charge in [-0.25, -0.2) is 4.39 Å². The number of rotatable bonds is 5. The standard InChI is InChI=1S/C18H20ClFN2O/c19-17-6-1-2-7-18(17)22-10-8-21(9-11-22)13-15-4-3-5-16(12-15)23-14-20/h1-7,12H,8-11,13-14H2. The maximum atomic E-state index is 12.3. The van der Waals surface area contributed by atoms with Gasteiger partial charge in [0.25, 0.3) is 0 Å². The van der Waals surface area contributed by atoms with Crippen molar-refractivity contribution < 1.29 is 9.13 Å². The highest BCUT2D eigenvalue weighted by Gasteiger charge is 2.18. The van der Waals surface area contributed by atoms with Gasteiger partial charge < -0.3 is 9.64 Å². The van der Waals surface area contributed by atoms with Gasteiger partial charge in [-0.1, -0.05) is 35.9 Å². The molecule has 3 rings (SSSR count). The van der Waals surface area contributed by atoms with Crippen LogP contribution in [0.4, 0.5) is 10.1 Å². The molecule has 0 aliphatic carbocycles. The van der Waals surface area contributed by atoms with Gasteiger partial charge in [-0.15, -0.1) is 0 Å². The molecule has 0 unspecified atom stereocenters. The van der Waals surface area contributed by atoms with Crippen LogP contribution in [0.2, 0.25) is 5.02 Å². The van der Waals surface area contributed by atoms with Gasteiger partial charge in [0.05, 0.1) is 10.7 Å². The van der Waals surface area contributed by atoms with Crippen LogP contribution in [0.1, 0.15) is 5.56 Å². The van der Waals surface area contributed by atoms with E-state index in [1.807, 2.05) is 36.4 Å². The minimum Gasteiger partial charge on any atom is -0.463 e. The molecule has 1 heterocycles. The zero-order valence-electron chi connectivity index (χ0n) is 12.9. The van der Waals surface area contributed by atoms with Crippen LogP contribution in [-0.4, -0.2) is 37.9 Å². The number of piperazine rings is 1. The lowest BCUT2D eigenvalue weighted by Gasteiger charge is -2.36. The van der Waals surface area contributed by atoms with E-state index in [0.29, 0.717) is 5.75 Å². The summed E-state index contributed by atoms with van der Waals surface area (Å²) in [7, 11) is 0. The Morgan fingerprint density at radius 3 is 2.52 bits per heavy atom. The molecule has 0 atom stereocenters. The van der Waals surface area contributed by atoms with Crippen molar-refractivity contribution in [3.8, 4) is 5.75 Å². The van der Waals surface area contributed by atoms with E-state index in [1.165, 1.54) is 0 Å². The molecule has 0 bridgehead atoms. The zero-order chi connectivity index (χ0) is 16.1. The Kier molecular flexibility index (Phi) is 5.36. The van der Waals surface area contributed by atoms with Crippen LogP contribution < -0.4 is 9.64 Å². The molecule has 0 radical (unpaired) electrons. The Balaban J connectivity index is 1.57. The van der Waals surface area contributed by atoms with E-state index in [2.05, 4.69) is 15.9 Å². The second-order valence-corrected chi connectivity index (χ2v) is 6.02. The zero-order valence-corrected chi connectivity index (χ0v) is 13.7. The lowest BCUT2D eigenvalue weighted by molar-refractivity contribution is 0.191. The molecule has 1 aliphatic heterocycles. The third-order valence-electron chi connectivity index (χ3n) is 4.09. The molecule has 23 heavy (non-hydrogen) atoms. The van der Waals surface area contributed by atoms with E-state index >= 15 is 0 Å². The minimum atomic E-state index is -0.792. The van der Waals surface area contributed by atoms with Gasteiger partial charge in [0.15, 0.2) is 0 Å². The molecule has 5 heteroatoms. The molecule has 1 saturated heterocycles. The fourth-order valence-corrected chi connectivity index (χ4v) is 3.17. The predicted octanol–water partition coefficient (Wildman–Crippen LogP) is 3.97. The molecule has 3 nitrogen and oxygen atoms in total. The highest BCUT2D eigenvalue weighted by molar-refractivity contribution is 6.33. The second kappa shape index (κ2) is 7.66. The second-order valence-electron chi connectivity index (χ2n) is 5.62. The number of para-hydroxylation sites is 1. The molecule has 1 aliphatic rings. The van der Waals surface area contributed by atoms with E-state index in [1.54, 1.807) is 6.07 Å². The van der Waals surface area contributed by atoms with Crippen molar-refractivity contribution in [2.24, 2.45) is 0 Å². The van der Waals surface area contributed by atoms with Crippen LogP contribution in [0.5, 0.6) is 5.75 Å². The SMILES string of the molecule is FCOc1cccc(CN2CCN(c3ccccc3Cl)CC2)c1. The maximum absolute atomic E-state index is 12.3. The van der Waals surface area contributed by atoms with Crippen LogP contribution >= 0.6 is 11.6 Å². The predicted molar refractivity (Wildman–Crippen MR) is 92.0 cm³/mol. The fourth-order valence-electron chi connectivity index (χ4n) is 2.91. The maximum Gasteiger partial charge on any atom is 0.228 e. The van der Waals surface area contributed by atoms with E-state index < -0.39 is 6.86 Å². The van der Waals surface area contributed by atoms with Gasteiger partial charge in [-0.05, 0) is 29.8 Å². The number of ether oxygens (including phenoxy) is 1. The number of hydrogen-bond acceptors (Lipinski definition) is 3. The summed E-state index contributed by atoms with van der Waals surface area (Å²) in [6.07, 6.45) is 0. The number of hydrogen-bond donors (Lipinski definition) is 0. The Hall–Kier alpha value is -1.78. The molecule has 1 fully saturated rings. The van der Waals surface area contributed by atoms with Gasteiger partial charge in [0.1, 0.15) is 5.75 Å². The van der Waals surface area contributed by atoms with E-state index in [-0.39, 0.29) is 0 Å². The van der Waals surface area contributed by atoms with Gasteiger partial charge in [-0.3, -0.25) is 4.90 Å². The van der Waals surface area contributed by atoms with Crippen molar-refractivity contribution in [2.45, 2.75) is 6.54 Å². The average Bonchev–Trinajstić information content (AvgIpc) is 2.57. The number of benzene rings is 2. The van der Waals surface area contributed by atoms with Gasteiger partial charge in [0, 0.05) is 32.7 Å². The molecule has 0 aromatic heterocycles. The van der Waals surface area contributed by atoms with Crippen molar-refractivity contribution in [1.82, 2.24) is 4.90 Å². The summed E-state index contributed by atoms with van der Waals surface area (Å²) in [4.78, 5) is 4.71. The summed E-state index contributed by atoms with van der Waals surface area (Å²) < 4.78 is 17.2. The third kappa shape index (κ3) is 4.15. The largest absolute Gasteiger partial charge is 0.463 e. The summed E-state index contributed by atoms with van der Waals surface area (Å²) in [5.41, 5.74) is 2.24. The summed E-state index contributed by atoms with van der Waals surface area (Å²) >= 11 is 6.27. The monoisotopic (exact) mass is 334 g/mol. The highest BCUT2D eigenvalue weighted by Crippen LogP contribution is 2.26. The van der Waals surface area contributed by atoms with Crippen LogP contribution in [0.25, 0.3) is 0 Å². The average molecular weight is 335 g/mol. The van der Waals surface area contributed by atoms with Crippen molar-refractivity contribution in [2.75, 3.05) is 37.9 Å². The first-order valence-electron chi connectivity index (χ1n) is 7.76. The van der Waals surface area contributed by atoms with Crippen LogP contribution in [0.3, 0.4) is 0 Å². The highest BCUT2D eigenvalue weighted by atomic mass is 35.5. The molecule has 2 aromatic rings. The molecule has 0 saturated carbocycles. The first-order chi connectivity index (χ1) is 11.3. The third-order valence-corrected chi connectivity index (χ3v) is 4.41. The Morgan fingerprint density at radius 1 is 1.00 bits per heavy atom. The van der Waals surface area contributed by atoms with Gasteiger partial charge in [0.2, 0.25) is 6.86 Å². The summed E-state index contributed by atoms with van der Waals surface area (Å²) in [5, 5.41) is 0.803. The van der Waals surface area contributed by atoms with Crippen molar-refractivity contribution >= 4 is 17.3 Å². The van der Waals surface area contributed by atoms with E-state index in [0.717, 1.165) is 49.0 Å². The molecule has 0 N–H and O–H groups in total. The molecular formula is C18H20ClFN2O. The normalized spacial score (nSPS) is 15.7. The number of alkyl halides is 1. The topological polar surface area (TPSA) is 15.7 Å². The van der Waals surface area contributed by atoms with Crippen LogP contribution in [0.15, 0.2) is 48.5 Å². The van der Waals surface area contributed by atoms with Crippen LogP contribution in [-0.2, 0) is 6.54 Å². The summed E-state index contributed by atoms with van der Waals surface area (Å²) in [5.74, 6) is 0.583. The Morgan fingerprint density at radius 2 is 1.78 bits per heavy atom. The fraction of sp³-hybridized carbons (Fsp3) is 0.333. The lowest BCUT2D eigenvalue weighted by atomic mass is 10.1. The lowest BCUT2D eigenvalue weighted by Crippen LogP contribution is -2.46. The minimum absolute atomic E-state index is 0.583. The van der Waals surface area contributed by atoms with Gasteiger partial charge >= 0.3 is 0 Å². The Bertz CT molecular complexity index is 644. The van der Waals surface area contributed by atoms with Crippen LogP contribution in [0, 0.1) is 0 Å². The van der Waals surface area contributed by atoms with E-state index in [4.69, 9.17) is 16.3 Å². The number of nitrogens with zero attached hydrogens (tertiary/aromatic N) is 2. The number of halogens is 2. The quantitative estimate of drug-likeness (QED) is 0.823. The van der Waals surface area contributed by atoms with Crippen molar-refractivity contribution in [3.63, 3.8) is 0 Å².